The van der Waals surface area contributed by atoms with Crippen LogP contribution in [0.4, 0.5) is 5.13 Å². The zero-order valence-corrected chi connectivity index (χ0v) is 14.6. The Morgan fingerprint density at radius 1 is 1.26 bits per heavy atom. The number of thiazole rings is 1. The first-order chi connectivity index (χ1) is 11.3. The van der Waals surface area contributed by atoms with Gasteiger partial charge in [-0.3, -0.25) is 4.68 Å². The van der Waals surface area contributed by atoms with Gasteiger partial charge in [0.1, 0.15) is 5.69 Å². The molecule has 2 fully saturated rings. The summed E-state index contributed by atoms with van der Waals surface area (Å²) in [5, 5.41) is 9.27. The molecular weight excluding hydrogens is 306 g/mol. The van der Waals surface area contributed by atoms with E-state index in [0.717, 1.165) is 42.1 Å². The van der Waals surface area contributed by atoms with Gasteiger partial charge in [-0.05, 0) is 57.7 Å². The minimum absolute atomic E-state index is 0.868. The third-order valence-corrected chi connectivity index (χ3v) is 5.89. The Hall–Kier alpha value is -1.40. The summed E-state index contributed by atoms with van der Waals surface area (Å²) in [6.07, 6.45) is 7.53. The molecule has 0 radical (unpaired) electrons. The molecular formula is C17H25N5S. The van der Waals surface area contributed by atoms with Crippen LogP contribution in [0.2, 0.25) is 0 Å². The van der Waals surface area contributed by atoms with E-state index in [9.17, 15) is 0 Å². The van der Waals surface area contributed by atoms with Gasteiger partial charge in [0.25, 0.3) is 0 Å². The van der Waals surface area contributed by atoms with Gasteiger partial charge in [0.05, 0.1) is 17.1 Å². The molecule has 1 saturated heterocycles. The predicted octanol–water partition coefficient (Wildman–Crippen LogP) is 3.23. The molecule has 23 heavy (non-hydrogen) atoms. The summed E-state index contributed by atoms with van der Waals surface area (Å²) >= 11 is 1.73. The molecule has 2 aromatic heterocycles. The maximum atomic E-state index is 4.76. The SMILES string of the molecule is Cc1nc(NCC2CC2)sc1-c1ccn(CCN2CCCC2)n1. The van der Waals surface area contributed by atoms with Crippen LogP contribution in [0.3, 0.4) is 0 Å². The van der Waals surface area contributed by atoms with Crippen LogP contribution in [0.15, 0.2) is 12.3 Å². The first kappa shape index (κ1) is 15.1. The number of nitrogens with zero attached hydrogens (tertiary/aromatic N) is 4. The first-order valence-corrected chi connectivity index (χ1v) is 9.57. The molecule has 1 aliphatic carbocycles. The highest BCUT2D eigenvalue weighted by atomic mass is 32.1. The van der Waals surface area contributed by atoms with Gasteiger partial charge in [0.15, 0.2) is 5.13 Å². The highest BCUT2D eigenvalue weighted by molar-refractivity contribution is 7.19. The zero-order chi connectivity index (χ0) is 15.6. The average Bonchev–Trinajstić information content (AvgIpc) is 2.94. The summed E-state index contributed by atoms with van der Waals surface area (Å²) in [5.41, 5.74) is 2.14. The van der Waals surface area contributed by atoms with E-state index in [1.165, 1.54) is 43.6 Å². The lowest BCUT2D eigenvalue weighted by Gasteiger charge is -2.13. The lowest BCUT2D eigenvalue weighted by molar-refractivity contribution is 0.316. The van der Waals surface area contributed by atoms with Crippen molar-refractivity contribution in [3.05, 3.63) is 18.0 Å². The topological polar surface area (TPSA) is 46.0 Å². The van der Waals surface area contributed by atoms with Crippen molar-refractivity contribution in [1.29, 1.82) is 0 Å². The summed E-state index contributed by atoms with van der Waals surface area (Å²) in [4.78, 5) is 8.38. The van der Waals surface area contributed by atoms with Crippen molar-refractivity contribution in [2.24, 2.45) is 5.92 Å². The van der Waals surface area contributed by atoms with E-state index in [-0.39, 0.29) is 0 Å². The molecule has 124 valence electrons. The van der Waals surface area contributed by atoms with E-state index in [0.29, 0.717) is 0 Å². The van der Waals surface area contributed by atoms with E-state index in [1.807, 2.05) is 0 Å². The van der Waals surface area contributed by atoms with Gasteiger partial charge < -0.3 is 10.2 Å². The van der Waals surface area contributed by atoms with Gasteiger partial charge in [-0.2, -0.15) is 5.10 Å². The van der Waals surface area contributed by atoms with E-state index in [1.54, 1.807) is 11.3 Å². The van der Waals surface area contributed by atoms with Crippen LogP contribution in [0, 0.1) is 12.8 Å². The standard InChI is InChI=1S/C17H25N5S/c1-13-16(23-17(19-13)18-12-14-4-5-14)15-6-9-22(20-15)11-10-21-7-2-3-8-21/h6,9,14H,2-5,7-8,10-12H2,1H3,(H,18,19). The largest absolute Gasteiger partial charge is 0.361 e. The fourth-order valence-electron chi connectivity index (χ4n) is 3.12. The molecule has 1 saturated carbocycles. The number of rotatable bonds is 7. The van der Waals surface area contributed by atoms with Gasteiger partial charge in [-0.25, -0.2) is 4.98 Å². The Balaban J connectivity index is 1.38. The maximum Gasteiger partial charge on any atom is 0.183 e. The van der Waals surface area contributed by atoms with Crippen molar-refractivity contribution in [2.75, 3.05) is 31.5 Å². The highest BCUT2D eigenvalue weighted by Crippen LogP contribution is 2.33. The van der Waals surface area contributed by atoms with Crippen LogP contribution in [-0.2, 0) is 6.54 Å². The predicted molar refractivity (Wildman–Crippen MR) is 95.0 cm³/mol. The molecule has 0 aromatic carbocycles. The minimum Gasteiger partial charge on any atom is -0.361 e. The molecule has 0 bridgehead atoms. The fraction of sp³-hybridized carbons (Fsp3) is 0.647. The Labute approximate surface area is 141 Å². The molecule has 5 nitrogen and oxygen atoms in total. The van der Waals surface area contributed by atoms with E-state index >= 15 is 0 Å². The number of aromatic nitrogens is 3. The number of nitrogens with one attached hydrogen (secondary N) is 1. The van der Waals surface area contributed by atoms with Crippen molar-refractivity contribution in [3.8, 4) is 10.6 Å². The summed E-state index contributed by atoms with van der Waals surface area (Å²) in [7, 11) is 0. The lowest BCUT2D eigenvalue weighted by atomic mass is 10.3. The first-order valence-electron chi connectivity index (χ1n) is 8.75. The fourth-order valence-corrected chi connectivity index (χ4v) is 4.06. The van der Waals surface area contributed by atoms with Crippen molar-refractivity contribution >= 4 is 16.5 Å². The normalized spacial score (nSPS) is 18.7. The van der Waals surface area contributed by atoms with Crippen LogP contribution >= 0.6 is 11.3 Å². The second kappa shape index (κ2) is 6.61. The second-order valence-electron chi connectivity index (χ2n) is 6.77. The van der Waals surface area contributed by atoms with Crippen molar-refractivity contribution < 1.29 is 0 Å². The molecule has 0 atom stereocenters. The highest BCUT2D eigenvalue weighted by Gasteiger charge is 2.21. The van der Waals surface area contributed by atoms with Gasteiger partial charge in [0, 0.05) is 19.3 Å². The molecule has 1 N–H and O–H groups in total. The van der Waals surface area contributed by atoms with Crippen molar-refractivity contribution in [2.45, 2.75) is 39.2 Å². The van der Waals surface area contributed by atoms with Gasteiger partial charge in [-0.1, -0.05) is 11.3 Å². The Bertz CT molecular complexity index is 652. The second-order valence-corrected chi connectivity index (χ2v) is 7.77. The molecule has 3 heterocycles. The van der Waals surface area contributed by atoms with Crippen molar-refractivity contribution in [3.63, 3.8) is 0 Å². The van der Waals surface area contributed by atoms with Gasteiger partial charge in [-0.15, -0.1) is 0 Å². The van der Waals surface area contributed by atoms with E-state index in [4.69, 9.17) is 5.10 Å². The lowest BCUT2D eigenvalue weighted by Crippen LogP contribution is -2.24. The third kappa shape index (κ3) is 3.75. The van der Waals surface area contributed by atoms with Crippen molar-refractivity contribution in [1.82, 2.24) is 19.7 Å². The molecule has 2 aliphatic rings. The molecule has 2 aromatic rings. The molecule has 0 spiro atoms. The Morgan fingerprint density at radius 2 is 2.09 bits per heavy atom. The van der Waals surface area contributed by atoms with Crippen LogP contribution < -0.4 is 5.32 Å². The molecule has 6 heteroatoms. The summed E-state index contributed by atoms with van der Waals surface area (Å²) in [6.45, 7) is 7.73. The summed E-state index contributed by atoms with van der Waals surface area (Å²) < 4.78 is 2.07. The Kier molecular flexibility index (Phi) is 4.35. The minimum atomic E-state index is 0.868. The summed E-state index contributed by atoms with van der Waals surface area (Å²) in [5.74, 6) is 0.868. The van der Waals surface area contributed by atoms with Crippen LogP contribution in [-0.4, -0.2) is 45.8 Å². The number of hydrogen-bond acceptors (Lipinski definition) is 5. The van der Waals surface area contributed by atoms with Gasteiger partial charge >= 0.3 is 0 Å². The molecule has 0 unspecified atom stereocenters. The van der Waals surface area contributed by atoms with E-state index < -0.39 is 0 Å². The van der Waals surface area contributed by atoms with E-state index in [2.05, 4.69) is 39.1 Å². The number of aryl methyl sites for hydroxylation is 1. The molecule has 4 rings (SSSR count). The van der Waals surface area contributed by atoms with Crippen LogP contribution in [0.25, 0.3) is 10.6 Å². The zero-order valence-electron chi connectivity index (χ0n) is 13.8. The quantitative estimate of drug-likeness (QED) is 0.846. The van der Waals surface area contributed by atoms with Crippen LogP contribution in [0.5, 0.6) is 0 Å². The van der Waals surface area contributed by atoms with Gasteiger partial charge in [0.2, 0.25) is 0 Å². The van der Waals surface area contributed by atoms with Crippen LogP contribution in [0.1, 0.15) is 31.4 Å². The molecule has 1 aliphatic heterocycles. The summed E-state index contributed by atoms with van der Waals surface area (Å²) in [6, 6.07) is 2.12. The third-order valence-electron chi connectivity index (χ3n) is 4.75. The molecule has 0 amide bonds. The maximum absolute atomic E-state index is 4.76. The Morgan fingerprint density at radius 3 is 2.87 bits per heavy atom. The number of likely N-dealkylation sites (tertiary alicyclic amines) is 1. The monoisotopic (exact) mass is 331 g/mol. The smallest absolute Gasteiger partial charge is 0.183 e. The number of hydrogen-bond donors (Lipinski definition) is 1. The number of anilines is 1. The average molecular weight is 331 g/mol.